The summed E-state index contributed by atoms with van der Waals surface area (Å²) in [6, 6.07) is 6.57. The van der Waals surface area contributed by atoms with E-state index in [1.807, 2.05) is 0 Å². The lowest BCUT2D eigenvalue weighted by Gasteiger charge is -2.11. The second kappa shape index (κ2) is 5.11. The minimum atomic E-state index is 0.451. The number of aryl methyl sites for hydroxylation is 1. The van der Waals surface area contributed by atoms with Crippen LogP contribution in [-0.2, 0) is 7.05 Å². The van der Waals surface area contributed by atoms with Crippen LogP contribution >= 0.6 is 0 Å². The van der Waals surface area contributed by atoms with Crippen molar-refractivity contribution in [1.82, 2.24) is 9.55 Å². The van der Waals surface area contributed by atoms with E-state index < -0.39 is 0 Å². The fraction of sp³-hybridized carbons (Fsp3) is 0.533. The predicted molar refractivity (Wildman–Crippen MR) is 76.9 cm³/mol. The molecule has 3 heteroatoms. The predicted octanol–water partition coefficient (Wildman–Crippen LogP) is 3.15. The van der Waals surface area contributed by atoms with E-state index in [9.17, 15) is 0 Å². The Labute approximate surface area is 109 Å². The zero-order chi connectivity index (χ0) is 13.3. The first-order chi connectivity index (χ1) is 8.54. The summed E-state index contributed by atoms with van der Waals surface area (Å²) in [6.07, 6.45) is 1.03. The minimum absolute atomic E-state index is 0.451. The number of hydrogen-bond acceptors (Lipinski definition) is 2. The first kappa shape index (κ1) is 13.1. The van der Waals surface area contributed by atoms with Gasteiger partial charge in [-0.25, -0.2) is 4.98 Å². The molecule has 1 atom stereocenters. The summed E-state index contributed by atoms with van der Waals surface area (Å²) in [5, 5.41) is 0. The molecule has 0 saturated carbocycles. The second-order valence-electron chi connectivity index (χ2n) is 5.41. The number of benzene rings is 1. The van der Waals surface area contributed by atoms with E-state index in [1.54, 1.807) is 0 Å². The van der Waals surface area contributed by atoms with Crippen LogP contribution in [0.1, 0.15) is 50.4 Å². The number of rotatable bonds is 4. The molecule has 2 N–H and O–H groups in total. The first-order valence-electron chi connectivity index (χ1n) is 6.71. The van der Waals surface area contributed by atoms with Crippen LogP contribution in [0.3, 0.4) is 0 Å². The first-order valence-corrected chi connectivity index (χ1v) is 6.71. The molecular formula is C15H23N3. The van der Waals surface area contributed by atoms with E-state index in [4.69, 9.17) is 10.7 Å². The summed E-state index contributed by atoms with van der Waals surface area (Å²) < 4.78 is 2.21. The Hall–Kier alpha value is -1.35. The molecule has 18 heavy (non-hydrogen) atoms. The van der Waals surface area contributed by atoms with Crippen LogP contribution in [0.25, 0.3) is 11.0 Å². The van der Waals surface area contributed by atoms with Gasteiger partial charge in [-0.05, 0) is 36.6 Å². The van der Waals surface area contributed by atoms with Gasteiger partial charge < -0.3 is 10.3 Å². The van der Waals surface area contributed by atoms with E-state index in [0.717, 1.165) is 24.3 Å². The molecule has 0 aliphatic carbocycles. The van der Waals surface area contributed by atoms with E-state index in [1.165, 1.54) is 11.1 Å². The molecule has 0 amide bonds. The van der Waals surface area contributed by atoms with Gasteiger partial charge in [0.05, 0.1) is 11.0 Å². The summed E-state index contributed by atoms with van der Waals surface area (Å²) in [4.78, 5) is 4.70. The molecule has 1 aromatic heterocycles. The highest BCUT2D eigenvalue weighted by Crippen LogP contribution is 2.25. The van der Waals surface area contributed by atoms with Gasteiger partial charge in [-0.2, -0.15) is 0 Å². The van der Waals surface area contributed by atoms with Gasteiger partial charge in [-0.3, -0.25) is 0 Å². The lowest BCUT2D eigenvalue weighted by Crippen LogP contribution is -2.04. The molecule has 98 valence electrons. The van der Waals surface area contributed by atoms with Crippen molar-refractivity contribution in [2.24, 2.45) is 12.8 Å². The van der Waals surface area contributed by atoms with E-state index in [-0.39, 0.29) is 0 Å². The molecule has 1 heterocycles. The Morgan fingerprint density at radius 1 is 1.28 bits per heavy atom. The molecule has 0 aliphatic heterocycles. The maximum Gasteiger partial charge on any atom is 0.112 e. The van der Waals surface area contributed by atoms with Gasteiger partial charge >= 0.3 is 0 Å². The number of fused-ring (bicyclic) bond motifs is 1. The molecule has 1 unspecified atom stereocenters. The molecule has 0 radical (unpaired) electrons. The summed E-state index contributed by atoms with van der Waals surface area (Å²) in [5.74, 6) is 2.11. The average Bonchev–Trinajstić information content (AvgIpc) is 2.67. The molecule has 0 fully saturated rings. The van der Waals surface area contributed by atoms with Crippen molar-refractivity contribution in [2.75, 3.05) is 6.54 Å². The van der Waals surface area contributed by atoms with Gasteiger partial charge in [0.25, 0.3) is 0 Å². The molecule has 2 aromatic rings. The van der Waals surface area contributed by atoms with Crippen LogP contribution in [-0.4, -0.2) is 16.1 Å². The topological polar surface area (TPSA) is 43.8 Å². The molecule has 0 saturated heterocycles. The lowest BCUT2D eigenvalue weighted by atomic mass is 9.97. The van der Waals surface area contributed by atoms with Crippen LogP contribution in [0.15, 0.2) is 18.2 Å². The number of nitrogens with two attached hydrogens (primary N) is 1. The van der Waals surface area contributed by atoms with Crippen LogP contribution in [0.4, 0.5) is 0 Å². The Kier molecular flexibility index (Phi) is 3.71. The third kappa shape index (κ3) is 2.27. The quantitative estimate of drug-likeness (QED) is 0.899. The van der Waals surface area contributed by atoms with Gasteiger partial charge in [-0.15, -0.1) is 0 Å². The Balaban J connectivity index is 2.47. The molecule has 0 spiro atoms. The zero-order valence-corrected chi connectivity index (χ0v) is 11.8. The van der Waals surface area contributed by atoms with Crippen molar-refractivity contribution in [3.8, 4) is 0 Å². The van der Waals surface area contributed by atoms with E-state index >= 15 is 0 Å². The molecule has 0 bridgehead atoms. The standard InChI is InChI=1S/C15H23N3/c1-10(2)15-17-13-6-5-12(11(3)7-8-16)9-14(13)18(15)4/h5-6,9-11H,7-8,16H2,1-4H3. The Morgan fingerprint density at radius 2 is 2.00 bits per heavy atom. The highest BCUT2D eigenvalue weighted by Gasteiger charge is 2.12. The number of hydrogen-bond donors (Lipinski definition) is 1. The van der Waals surface area contributed by atoms with Gasteiger partial charge in [0, 0.05) is 13.0 Å². The van der Waals surface area contributed by atoms with Gasteiger partial charge in [0.2, 0.25) is 0 Å². The maximum absolute atomic E-state index is 5.64. The van der Waals surface area contributed by atoms with Crippen LogP contribution in [0, 0.1) is 0 Å². The zero-order valence-electron chi connectivity index (χ0n) is 11.8. The molecule has 3 nitrogen and oxygen atoms in total. The Bertz CT molecular complexity index is 540. The van der Waals surface area contributed by atoms with Gasteiger partial charge in [0.15, 0.2) is 0 Å². The molecule has 0 aliphatic rings. The van der Waals surface area contributed by atoms with Crippen LogP contribution in [0.2, 0.25) is 0 Å². The fourth-order valence-corrected chi connectivity index (χ4v) is 2.47. The van der Waals surface area contributed by atoms with Crippen molar-refractivity contribution in [3.05, 3.63) is 29.6 Å². The largest absolute Gasteiger partial charge is 0.331 e. The lowest BCUT2D eigenvalue weighted by molar-refractivity contribution is 0.690. The number of imidazole rings is 1. The van der Waals surface area contributed by atoms with Gasteiger partial charge in [-0.1, -0.05) is 26.8 Å². The highest BCUT2D eigenvalue weighted by atomic mass is 15.1. The molecule has 2 rings (SSSR count). The fourth-order valence-electron chi connectivity index (χ4n) is 2.47. The highest BCUT2D eigenvalue weighted by molar-refractivity contribution is 5.77. The number of aromatic nitrogens is 2. The summed E-state index contributed by atoms with van der Waals surface area (Å²) in [5.41, 5.74) is 9.30. The smallest absolute Gasteiger partial charge is 0.112 e. The monoisotopic (exact) mass is 245 g/mol. The normalized spacial score (nSPS) is 13.4. The summed E-state index contributed by atoms with van der Waals surface area (Å²) in [7, 11) is 2.10. The van der Waals surface area contributed by atoms with Crippen LogP contribution in [0.5, 0.6) is 0 Å². The van der Waals surface area contributed by atoms with Crippen LogP contribution < -0.4 is 5.73 Å². The van der Waals surface area contributed by atoms with Crippen molar-refractivity contribution in [2.45, 2.75) is 39.0 Å². The minimum Gasteiger partial charge on any atom is -0.331 e. The van der Waals surface area contributed by atoms with Crippen molar-refractivity contribution in [1.29, 1.82) is 0 Å². The van der Waals surface area contributed by atoms with Crippen molar-refractivity contribution >= 4 is 11.0 Å². The summed E-state index contributed by atoms with van der Waals surface area (Å²) in [6.45, 7) is 7.33. The molecule has 1 aromatic carbocycles. The third-order valence-corrected chi connectivity index (χ3v) is 3.62. The maximum atomic E-state index is 5.64. The van der Waals surface area contributed by atoms with Crippen molar-refractivity contribution < 1.29 is 0 Å². The second-order valence-corrected chi connectivity index (χ2v) is 5.41. The van der Waals surface area contributed by atoms with Gasteiger partial charge in [0.1, 0.15) is 5.82 Å². The van der Waals surface area contributed by atoms with E-state index in [2.05, 4.69) is 50.6 Å². The van der Waals surface area contributed by atoms with Crippen molar-refractivity contribution in [3.63, 3.8) is 0 Å². The Morgan fingerprint density at radius 3 is 2.61 bits per heavy atom. The summed E-state index contributed by atoms with van der Waals surface area (Å²) >= 11 is 0. The molecular weight excluding hydrogens is 222 g/mol. The third-order valence-electron chi connectivity index (χ3n) is 3.62. The van der Waals surface area contributed by atoms with E-state index in [0.29, 0.717) is 11.8 Å². The number of nitrogens with zero attached hydrogens (tertiary/aromatic N) is 2. The SMILES string of the molecule is CC(C)c1nc2ccc(C(C)CCN)cc2n1C. The average molecular weight is 245 g/mol.